The van der Waals surface area contributed by atoms with Gasteiger partial charge in [-0.3, -0.25) is 0 Å². The van der Waals surface area contributed by atoms with Crippen molar-refractivity contribution in [3.8, 4) is 17.2 Å². The fourth-order valence-corrected chi connectivity index (χ4v) is 3.81. The first-order valence-electron chi connectivity index (χ1n) is 7.44. The van der Waals surface area contributed by atoms with Crippen molar-refractivity contribution in [1.82, 2.24) is 0 Å². The van der Waals surface area contributed by atoms with E-state index in [2.05, 4.69) is 0 Å². The molecule has 2 aliphatic carbocycles. The van der Waals surface area contributed by atoms with Gasteiger partial charge < -0.3 is 5.11 Å². The summed E-state index contributed by atoms with van der Waals surface area (Å²) in [6.07, 6.45) is -2.25. The van der Waals surface area contributed by atoms with Crippen molar-refractivity contribution in [3.63, 3.8) is 0 Å². The second-order valence-electron chi connectivity index (χ2n) is 6.52. The number of nitrogens with zero attached hydrogens (tertiary/aromatic N) is 1. The van der Waals surface area contributed by atoms with Gasteiger partial charge in [-0.15, -0.1) is 0 Å². The fourth-order valence-electron chi connectivity index (χ4n) is 3.81. The summed E-state index contributed by atoms with van der Waals surface area (Å²) in [7, 11) is 0. The molecule has 25 heavy (non-hydrogen) atoms. The quantitative estimate of drug-likeness (QED) is 0.781. The number of alkyl halides is 4. The molecule has 0 amide bonds. The molecular weight excluding hydrogens is 341 g/mol. The molecule has 0 spiro atoms. The fraction of sp³-hybridized carbons (Fsp3) is 0.278. The predicted octanol–water partition coefficient (Wildman–Crippen LogP) is 4.24. The van der Waals surface area contributed by atoms with Gasteiger partial charge in [-0.05, 0) is 41.0 Å². The molecule has 1 atom stereocenters. The largest absolute Gasteiger partial charge is 0.379 e. The molecule has 128 valence electrons. The van der Waals surface area contributed by atoms with Crippen molar-refractivity contribution >= 4 is 0 Å². The minimum Gasteiger partial charge on any atom is -0.379 e. The number of benzene rings is 2. The molecule has 2 nitrogen and oxygen atoms in total. The monoisotopic (exact) mass is 351 g/mol. The van der Waals surface area contributed by atoms with Crippen molar-refractivity contribution in [2.75, 3.05) is 0 Å². The topological polar surface area (TPSA) is 44.0 Å². The maximum absolute atomic E-state index is 14.3. The van der Waals surface area contributed by atoms with Gasteiger partial charge in [0, 0.05) is 17.5 Å². The Kier molecular flexibility index (Phi) is 2.94. The highest BCUT2D eigenvalue weighted by atomic mass is 19.3. The SMILES string of the molecule is N#Cc1cc(F)cc(-c2cc3c4c(c2)C(F)(F)CC4(O)C(F)(F)C3)c1. The standard InChI is InChI=1S/C18H10F5NO/c19-13-2-9(7-24)1-10(4-13)11-3-12-6-18(22,23)16(25)8-17(20,21)14(5-11)15(12)16/h1-5,25H,6,8H2. The third kappa shape index (κ3) is 2.04. The van der Waals surface area contributed by atoms with E-state index in [-0.39, 0.29) is 22.3 Å². The summed E-state index contributed by atoms with van der Waals surface area (Å²) in [5.41, 5.74) is -3.84. The summed E-state index contributed by atoms with van der Waals surface area (Å²) < 4.78 is 70.6. The van der Waals surface area contributed by atoms with E-state index in [9.17, 15) is 27.1 Å². The first kappa shape index (κ1) is 16.0. The zero-order valence-corrected chi connectivity index (χ0v) is 12.6. The van der Waals surface area contributed by atoms with Crippen molar-refractivity contribution in [2.24, 2.45) is 0 Å². The predicted molar refractivity (Wildman–Crippen MR) is 77.6 cm³/mol. The molecule has 0 bridgehead atoms. The Morgan fingerprint density at radius 3 is 2.36 bits per heavy atom. The molecule has 2 aromatic carbocycles. The van der Waals surface area contributed by atoms with Crippen LogP contribution in [0.15, 0.2) is 30.3 Å². The van der Waals surface area contributed by atoms with Crippen LogP contribution in [0.3, 0.4) is 0 Å². The zero-order valence-electron chi connectivity index (χ0n) is 12.6. The van der Waals surface area contributed by atoms with Crippen molar-refractivity contribution in [3.05, 3.63) is 58.4 Å². The number of rotatable bonds is 1. The first-order valence-corrected chi connectivity index (χ1v) is 7.44. The molecule has 0 fully saturated rings. The Balaban J connectivity index is 1.98. The van der Waals surface area contributed by atoms with E-state index < -0.39 is 47.2 Å². The Bertz CT molecular complexity index is 963. The van der Waals surface area contributed by atoms with Crippen LogP contribution in [-0.2, 0) is 17.9 Å². The number of hydrogen-bond donors (Lipinski definition) is 1. The highest BCUT2D eigenvalue weighted by molar-refractivity contribution is 5.71. The lowest BCUT2D eigenvalue weighted by molar-refractivity contribution is -0.198. The maximum Gasteiger partial charge on any atom is 0.284 e. The van der Waals surface area contributed by atoms with Crippen LogP contribution in [0.4, 0.5) is 22.0 Å². The lowest BCUT2D eigenvalue weighted by atomic mass is 9.94. The van der Waals surface area contributed by atoms with Gasteiger partial charge in [-0.1, -0.05) is 6.07 Å². The Morgan fingerprint density at radius 1 is 1.00 bits per heavy atom. The molecule has 4 rings (SSSR count). The van der Waals surface area contributed by atoms with Crippen LogP contribution in [0.1, 0.15) is 28.7 Å². The van der Waals surface area contributed by atoms with Crippen LogP contribution >= 0.6 is 0 Å². The van der Waals surface area contributed by atoms with Gasteiger partial charge >= 0.3 is 0 Å². The van der Waals surface area contributed by atoms with Gasteiger partial charge in [-0.2, -0.15) is 5.26 Å². The molecular formula is C18H10F5NO. The second kappa shape index (κ2) is 4.58. The Morgan fingerprint density at radius 2 is 1.68 bits per heavy atom. The molecule has 0 heterocycles. The van der Waals surface area contributed by atoms with Crippen molar-refractivity contribution in [1.29, 1.82) is 5.26 Å². The summed E-state index contributed by atoms with van der Waals surface area (Å²) in [6, 6.07) is 7.32. The molecule has 7 heteroatoms. The Labute approximate surface area is 139 Å². The van der Waals surface area contributed by atoms with Gasteiger partial charge in [0.15, 0.2) is 5.60 Å². The van der Waals surface area contributed by atoms with E-state index in [1.807, 2.05) is 0 Å². The molecule has 1 N–H and O–H groups in total. The minimum atomic E-state index is -3.71. The van der Waals surface area contributed by atoms with E-state index in [0.717, 1.165) is 18.2 Å². The van der Waals surface area contributed by atoms with Crippen LogP contribution in [0, 0.1) is 17.1 Å². The number of halogens is 5. The lowest BCUT2D eigenvalue weighted by Gasteiger charge is -2.27. The van der Waals surface area contributed by atoms with Crippen LogP contribution < -0.4 is 0 Å². The van der Waals surface area contributed by atoms with Gasteiger partial charge in [-0.25, -0.2) is 22.0 Å². The molecule has 0 saturated heterocycles. The van der Waals surface area contributed by atoms with E-state index in [1.165, 1.54) is 12.1 Å². The van der Waals surface area contributed by atoms with Crippen molar-refractivity contribution in [2.45, 2.75) is 30.3 Å². The molecule has 0 saturated carbocycles. The van der Waals surface area contributed by atoms with Crippen molar-refractivity contribution < 1.29 is 27.1 Å². The summed E-state index contributed by atoms with van der Waals surface area (Å²) in [5, 5.41) is 19.1. The van der Waals surface area contributed by atoms with E-state index >= 15 is 0 Å². The van der Waals surface area contributed by atoms with Crippen LogP contribution in [0.5, 0.6) is 0 Å². The number of hydrogen-bond acceptors (Lipinski definition) is 2. The zero-order chi connectivity index (χ0) is 18.2. The van der Waals surface area contributed by atoms with Gasteiger partial charge in [0.1, 0.15) is 5.82 Å². The normalized spacial score (nSPS) is 24.8. The maximum atomic E-state index is 14.3. The summed E-state index contributed by atoms with van der Waals surface area (Å²) >= 11 is 0. The molecule has 2 aliphatic rings. The van der Waals surface area contributed by atoms with Crippen LogP contribution in [0.2, 0.25) is 0 Å². The van der Waals surface area contributed by atoms with Crippen LogP contribution in [-0.4, -0.2) is 11.0 Å². The average Bonchev–Trinajstić information content (AvgIpc) is 2.85. The summed E-state index contributed by atoms with van der Waals surface area (Å²) in [4.78, 5) is 0. The highest BCUT2D eigenvalue weighted by Crippen LogP contribution is 2.62. The molecule has 0 radical (unpaired) electrons. The molecule has 1 unspecified atom stereocenters. The van der Waals surface area contributed by atoms with Crippen LogP contribution in [0.25, 0.3) is 11.1 Å². The number of nitriles is 1. The van der Waals surface area contributed by atoms with Gasteiger partial charge in [0.2, 0.25) is 0 Å². The first-order chi connectivity index (χ1) is 11.6. The molecule has 0 aromatic heterocycles. The Hall–Kier alpha value is -2.46. The third-order valence-corrected chi connectivity index (χ3v) is 4.88. The number of aliphatic hydroxyl groups is 1. The van der Waals surface area contributed by atoms with E-state index in [1.54, 1.807) is 6.07 Å². The molecule has 2 aromatic rings. The smallest absolute Gasteiger partial charge is 0.284 e. The summed E-state index contributed by atoms with van der Waals surface area (Å²) in [5.74, 6) is -8.06. The average molecular weight is 351 g/mol. The third-order valence-electron chi connectivity index (χ3n) is 4.88. The van der Waals surface area contributed by atoms with E-state index in [0.29, 0.717) is 0 Å². The molecule has 0 aliphatic heterocycles. The van der Waals surface area contributed by atoms with Gasteiger partial charge in [0.25, 0.3) is 11.8 Å². The lowest BCUT2D eigenvalue weighted by Crippen LogP contribution is -2.41. The highest BCUT2D eigenvalue weighted by Gasteiger charge is 2.69. The minimum absolute atomic E-state index is 0.0134. The summed E-state index contributed by atoms with van der Waals surface area (Å²) in [6.45, 7) is 0. The second-order valence-corrected chi connectivity index (χ2v) is 6.52. The van der Waals surface area contributed by atoms with E-state index in [4.69, 9.17) is 5.26 Å². The van der Waals surface area contributed by atoms with Gasteiger partial charge in [0.05, 0.1) is 18.1 Å².